The predicted octanol–water partition coefficient (Wildman–Crippen LogP) is 6.25. The number of ether oxygens (including phenoxy) is 1. The molecular formula is C29H28F6N2O2. The van der Waals surface area contributed by atoms with Crippen molar-refractivity contribution in [3.63, 3.8) is 0 Å². The van der Waals surface area contributed by atoms with Crippen molar-refractivity contribution in [3.05, 3.63) is 107 Å². The molecule has 3 aromatic rings. The second-order valence-electron chi connectivity index (χ2n) is 9.56. The minimum absolute atomic E-state index is 0.101. The van der Waals surface area contributed by atoms with Crippen LogP contribution in [-0.2, 0) is 28.5 Å². The Morgan fingerprint density at radius 3 is 1.85 bits per heavy atom. The topological polar surface area (TPSA) is 55.6 Å². The Balaban J connectivity index is 1.69. The number of rotatable bonds is 7. The van der Waals surface area contributed by atoms with Gasteiger partial charge < -0.3 is 15.4 Å². The highest BCUT2D eigenvalue weighted by molar-refractivity contribution is 5.78. The Hall–Kier alpha value is -3.37. The number of amides is 1. The third-order valence-electron chi connectivity index (χ3n) is 6.98. The van der Waals surface area contributed by atoms with Crippen LogP contribution in [-0.4, -0.2) is 36.5 Å². The fourth-order valence-corrected chi connectivity index (χ4v) is 5.16. The van der Waals surface area contributed by atoms with Gasteiger partial charge in [-0.1, -0.05) is 60.7 Å². The number of halogens is 6. The molecule has 0 spiro atoms. The summed E-state index contributed by atoms with van der Waals surface area (Å²) in [4.78, 5) is 14.1. The average molecular weight is 551 g/mol. The second-order valence-corrected chi connectivity index (χ2v) is 9.56. The molecule has 0 radical (unpaired) electrons. The van der Waals surface area contributed by atoms with Gasteiger partial charge in [0.1, 0.15) is 0 Å². The highest BCUT2D eigenvalue weighted by Gasteiger charge is 2.40. The minimum Gasteiger partial charge on any atom is -0.373 e. The lowest BCUT2D eigenvalue weighted by Gasteiger charge is -2.42. The van der Waals surface area contributed by atoms with Crippen molar-refractivity contribution < 1.29 is 35.9 Å². The first-order chi connectivity index (χ1) is 18.5. The zero-order valence-corrected chi connectivity index (χ0v) is 20.9. The number of hydrogen-bond donors (Lipinski definition) is 1. The molecule has 4 rings (SSSR count). The van der Waals surface area contributed by atoms with Crippen molar-refractivity contribution in [2.45, 2.75) is 37.4 Å². The molecule has 1 fully saturated rings. The summed E-state index contributed by atoms with van der Waals surface area (Å²) >= 11 is 0. The molecule has 0 unspecified atom stereocenters. The maximum absolute atomic E-state index is 13.4. The number of hydrogen-bond acceptors (Lipinski definition) is 3. The van der Waals surface area contributed by atoms with E-state index >= 15 is 0 Å². The van der Waals surface area contributed by atoms with Gasteiger partial charge in [-0.25, -0.2) is 0 Å². The largest absolute Gasteiger partial charge is 0.416 e. The molecule has 2 atom stereocenters. The molecule has 3 aromatic carbocycles. The number of carbonyl (C=O) groups excluding carboxylic acids is 1. The molecule has 0 bridgehead atoms. The fourth-order valence-electron chi connectivity index (χ4n) is 5.16. The number of benzene rings is 3. The molecule has 1 saturated heterocycles. The highest BCUT2D eigenvalue weighted by Crippen LogP contribution is 2.40. The molecule has 1 aliphatic heterocycles. The molecule has 0 saturated carbocycles. The van der Waals surface area contributed by atoms with Crippen LogP contribution in [0.4, 0.5) is 26.3 Å². The van der Waals surface area contributed by atoms with Gasteiger partial charge in [-0.2, -0.15) is 26.3 Å². The number of likely N-dealkylation sites (tertiary alicyclic amines) is 1. The van der Waals surface area contributed by atoms with Crippen LogP contribution in [0, 0.1) is 5.92 Å². The number of piperidine rings is 1. The Kier molecular flexibility index (Phi) is 8.66. The maximum Gasteiger partial charge on any atom is 0.416 e. The summed E-state index contributed by atoms with van der Waals surface area (Å²) in [6, 6.07) is 20.5. The first-order valence-corrected chi connectivity index (χ1v) is 12.4. The van der Waals surface area contributed by atoms with Gasteiger partial charge in [0.15, 0.2) is 0 Å². The van der Waals surface area contributed by atoms with E-state index < -0.39 is 36.2 Å². The van der Waals surface area contributed by atoms with Crippen LogP contribution in [0.1, 0.15) is 40.2 Å². The molecule has 10 heteroatoms. The van der Waals surface area contributed by atoms with Gasteiger partial charge in [0.25, 0.3) is 0 Å². The van der Waals surface area contributed by atoms with Gasteiger partial charge in [-0.3, -0.25) is 4.79 Å². The molecule has 1 aliphatic rings. The van der Waals surface area contributed by atoms with E-state index in [4.69, 9.17) is 10.5 Å². The van der Waals surface area contributed by atoms with Gasteiger partial charge in [0, 0.05) is 24.9 Å². The summed E-state index contributed by atoms with van der Waals surface area (Å²) in [5, 5.41) is 0. The van der Waals surface area contributed by atoms with Crippen LogP contribution in [0.2, 0.25) is 0 Å². The molecule has 2 N–H and O–H groups in total. The lowest BCUT2D eigenvalue weighted by Crippen LogP contribution is -2.50. The number of alkyl halides is 6. The van der Waals surface area contributed by atoms with Crippen molar-refractivity contribution >= 4 is 5.91 Å². The van der Waals surface area contributed by atoms with Crippen LogP contribution < -0.4 is 5.73 Å². The SMILES string of the molecule is NCC(=O)N1CC[C@@H](OCc2cc(C(F)(F)F)cc(C(F)(F)F)c2)[C@@H](C(c2ccccc2)c2ccccc2)C1. The van der Waals surface area contributed by atoms with E-state index in [1.165, 1.54) is 0 Å². The summed E-state index contributed by atoms with van der Waals surface area (Å²) in [6.45, 7) is -0.0468. The lowest BCUT2D eigenvalue weighted by molar-refractivity contribution is -0.143. The molecule has 0 aliphatic carbocycles. The van der Waals surface area contributed by atoms with E-state index in [1.54, 1.807) is 4.90 Å². The maximum atomic E-state index is 13.4. The van der Waals surface area contributed by atoms with E-state index in [0.29, 0.717) is 25.1 Å². The average Bonchev–Trinajstić information content (AvgIpc) is 2.92. The first-order valence-electron chi connectivity index (χ1n) is 12.4. The molecule has 39 heavy (non-hydrogen) atoms. The number of nitrogens with two attached hydrogens (primary N) is 1. The van der Waals surface area contributed by atoms with E-state index in [1.807, 2.05) is 60.7 Å². The standard InChI is InChI=1S/C29H28F6N2O2/c30-28(31,32)22-13-19(14-23(15-22)29(33,34)35)18-39-25-11-12-37(26(38)16-36)17-24(25)27(20-7-3-1-4-8-20)21-9-5-2-6-10-21/h1-10,13-15,24-25,27H,11-12,16-18,36H2/t24-,25+/m0/s1. The smallest absolute Gasteiger partial charge is 0.373 e. The second kappa shape index (κ2) is 11.8. The van der Waals surface area contributed by atoms with Crippen LogP contribution in [0.3, 0.4) is 0 Å². The summed E-state index contributed by atoms with van der Waals surface area (Å²) < 4.78 is 86.3. The molecule has 208 valence electrons. The van der Waals surface area contributed by atoms with Crippen molar-refractivity contribution in [2.75, 3.05) is 19.6 Å². The Labute approximate surface area is 222 Å². The summed E-state index contributed by atoms with van der Waals surface area (Å²) in [7, 11) is 0. The molecular weight excluding hydrogens is 522 g/mol. The summed E-state index contributed by atoms with van der Waals surface area (Å²) in [5.41, 5.74) is 4.50. The lowest BCUT2D eigenvalue weighted by atomic mass is 9.75. The Morgan fingerprint density at radius 2 is 1.38 bits per heavy atom. The van der Waals surface area contributed by atoms with Crippen LogP contribution in [0.25, 0.3) is 0 Å². The molecule has 0 aromatic heterocycles. The third kappa shape index (κ3) is 6.99. The van der Waals surface area contributed by atoms with Crippen LogP contribution in [0.5, 0.6) is 0 Å². The van der Waals surface area contributed by atoms with Gasteiger partial charge in [-0.15, -0.1) is 0 Å². The monoisotopic (exact) mass is 550 g/mol. The van der Waals surface area contributed by atoms with Gasteiger partial charge in [-0.05, 0) is 41.3 Å². The van der Waals surface area contributed by atoms with E-state index in [0.717, 1.165) is 11.1 Å². The third-order valence-corrected chi connectivity index (χ3v) is 6.98. The normalized spacial score (nSPS) is 18.4. The quantitative estimate of drug-likeness (QED) is 0.354. The number of carbonyl (C=O) groups is 1. The van der Waals surface area contributed by atoms with Gasteiger partial charge >= 0.3 is 12.4 Å². The van der Waals surface area contributed by atoms with Crippen LogP contribution in [0.15, 0.2) is 78.9 Å². The Morgan fingerprint density at radius 1 is 0.872 bits per heavy atom. The predicted molar refractivity (Wildman–Crippen MR) is 133 cm³/mol. The van der Waals surface area contributed by atoms with Crippen molar-refractivity contribution in [1.82, 2.24) is 4.90 Å². The van der Waals surface area contributed by atoms with Crippen molar-refractivity contribution in [2.24, 2.45) is 11.7 Å². The molecule has 1 amide bonds. The zero-order valence-electron chi connectivity index (χ0n) is 20.9. The first kappa shape index (κ1) is 28.6. The number of nitrogens with zero attached hydrogens (tertiary/aromatic N) is 1. The van der Waals surface area contributed by atoms with Gasteiger partial charge in [0.05, 0.1) is 30.4 Å². The van der Waals surface area contributed by atoms with Crippen molar-refractivity contribution in [3.8, 4) is 0 Å². The zero-order chi connectivity index (χ0) is 28.2. The molecule has 4 nitrogen and oxygen atoms in total. The highest BCUT2D eigenvalue weighted by atomic mass is 19.4. The fraction of sp³-hybridized carbons (Fsp3) is 0.345. The van der Waals surface area contributed by atoms with Crippen LogP contribution >= 0.6 is 0 Å². The molecule has 1 heterocycles. The Bertz CT molecular complexity index is 1180. The van der Waals surface area contributed by atoms with E-state index in [9.17, 15) is 31.1 Å². The van der Waals surface area contributed by atoms with Gasteiger partial charge in [0.2, 0.25) is 5.91 Å². The van der Waals surface area contributed by atoms with Crippen molar-refractivity contribution in [1.29, 1.82) is 0 Å². The summed E-state index contributed by atoms with van der Waals surface area (Å²) in [6.07, 6.45) is -10.1. The van der Waals surface area contributed by atoms with E-state index in [-0.39, 0.29) is 42.5 Å². The minimum atomic E-state index is -4.95. The summed E-state index contributed by atoms with van der Waals surface area (Å²) in [5.74, 6) is -0.837. The van der Waals surface area contributed by atoms with E-state index in [2.05, 4.69) is 0 Å².